The number of amidine groups is 1. The number of amides is 1. The maximum atomic E-state index is 12.5. The van der Waals surface area contributed by atoms with Gasteiger partial charge < -0.3 is 20.2 Å². The summed E-state index contributed by atoms with van der Waals surface area (Å²) in [7, 11) is 1.59. The third kappa shape index (κ3) is 4.97. The highest BCUT2D eigenvalue weighted by Gasteiger charge is 2.19. The number of hydrogen-bond donors (Lipinski definition) is 1. The Bertz CT molecular complexity index is 712. The number of ether oxygens (including phenoxy) is 1. The fourth-order valence-electron chi connectivity index (χ4n) is 2.36. The van der Waals surface area contributed by atoms with Gasteiger partial charge >= 0.3 is 0 Å². The molecule has 132 valence electrons. The lowest BCUT2D eigenvalue weighted by atomic mass is 10.2. The highest BCUT2D eigenvalue weighted by atomic mass is 16.6. The SMILES string of the molecule is COc1ccc(/C(N)=N/OCC(=O)N(c2ccccc2)C(C)C)cc1. The van der Waals surface area contributed by atoms with E-state index in [1.807, 2.05) is 44.2 Å². The summed E-state index contributed by atoms with van der Waals surface area (Å²) in [4.78, 5) is 19.3. The highest BCUT2D eigenvalue weighted by Crippen LogP contribution is 2.17. The molecule has 2 rings (SSSR count). The van der Waals surface area contributed by atoms with Gasteiger partial charge in [0, 0.05) is 17.3 Å². The summed E-state index contributed by atoms with van der Waals surface area (Å²) >= 11 is 0. The van der Waals surface area contributed by atoms with Gasteiger partial charge in [0.1, 0.15) is 5.75 Å². The van der Waals surface area contributed by atoms with Crippen molar-refractivity contribution >= 4 is 17.4 Å². The Kier molecular flexibility index (Phi) is 6.39. The minimum atomic E-state index is -0.191. The Morgan fingerprint density at radius 1 is 1.12 bits per heavy atom. The average molecular weight is 341 g/mol. The topological polar surface area (TPSA) is 77.1 Å². The molecule has 0 aliphatic rings. The van der Waals surface area contributed by atoms with Crippen LogP contribution in [0.2, 0.25) is 0 Å². The van der Waals surface area contributed by atoms with Crippen LogP contribution in [-0.2, 0) is 9.63 Å². The first-order chi connectivity index (χ1) is 12.0. The minimum absolute atomic E-state index is 0.00131. The van der Waals surface area contributed by atoms with E-state index in [4.69, 9.17) is 15.3 Å². The van der Waals surface area contributed by atoms with E-state index in [-0.39, 0.29) is 24.4 Å². The minimum Gasteiger partial charge on any atom is -0.497 e. The highest BCUT2D eigenvalue weighted by molar-refractivity contribution is 5.97. The maximum Gasteiger partial charge on any atom is 0.267 e. The van der Waals surface area contributed by atoms with Gasteiger partial charge in [-0.25, -0.2) is 0 Å². The number of nitrogens with zero attached hydrogens (tertiary/aromatic N) is 2. The second-order valence-corrected chi connectivity index (χ2v) is 5.67. The third-order valence-corrected chi connectivity index (χ3v) is 3.56. The molecule has 0 aliphatic heterocycles. The van der Waals surface area contributed by atoms with Crippen LogP contribution in [0.4, 0.5) is 5.69 Å². The number of para-hydroxylation sites is 1. The molecule has 0 aliphatic carbocycles. The van der Waals surface area contributed by atoms with Crippen LogP contribution in [0.5, 0.6) is 5.75 Å². The van der Waals surface area contributed by atoms with E-state index in [1.54, 1.807) is 36.3 Å². The normalized spacial score (nSPS) is 11.3. The zero-order chi connectivity index (χ0) is 18.2. The number of carbonyl (C=O) groups excluding carboxylic acids is 1. The summed E-state index contributed by atoms with van der Waals surface area (Å²) in [6.45, 7) is 3.70. The Labute approximate surface area is 147 Å². The van der Waals surface area contributed by atoms with Crippen molar-refractivity contribution in [2.75, 3.05) is 18.6 Å². The van der Waals surface area contributed by atoms with E-state index in [0.29, 0.717) is 5.56 Å². The van der Waals surface area contributed by atoms with Crippen molar-refractivity contribution in [3.05, 3.63) is 60.2 Å². The van der Waals surface area contributed by atoms with Crippen molar-refractivity contribution in [1.29, 1.82) is 0 Å². The number of anilines is 1. The second kappa shape index (κ2) is 8.73. The third-order valence-electron chi connectivity index (χ3n) is 3.56. The Morgan fingerprint density at radius 3 is 2.32 bits per heavy atom. The molecule has 0 heterocycles. The molecule has 2 aromatic rings. The second-order valence-electron chi connectivity index (χ2n) is 5.67. The summed E-state index contributed by atoms with van der Waals surface area (Å²) in [5, 5.41) is 3.83. The smallest absolute Gasteiger partial charge is 0.267 e. The number of methoxy groups -OCH3 is 1. The van der Waals surface area contributed by atoms with Crippen LogP contribution in [0.15, 0.2) is 59.8 Å². The summed E-state index contributed by atoms with van der Waals surface area (Å²) in [6.07, 6.45) is 0. The number of nitrogens with two attached hydrogens (primary N) is 1. The molecule has 0 spiro atoms. The first-order valence-electron chi connectivity index (χ1n) is 8.00. The standard InChI is InChI=1S/C19H23N3O3/c1-14(2)22(16-7-5-4-6-8-16)18(23)13-25-21-19(20)15-9-11-17(24-3)12-10-15/h4-12,14H,13H2,1-3H3,(H2,20,21). The van der Waals surface area contributed by atoms with Gasteiger partial charge in [-0.3, -0.25) is 4.79 Å². The van der Waals surface area contributed by atoms with Crippen molar-refractivity contribution < 1.29 is 14.4 Å². The fourth-order valence-corrected chi connectivity index (χ4v) is 2.36. The maximum absolute atomic E-state index is 12.5. The van der Waals surface area contributed by atoms with Crippen molar-refractivity contribution in [3.8, 4) is 5.75 Å². The molecule has 0 bridgehead atoms. The van der Waals surface area contributed by atoms with Crippen LogP contribution in [0, 0.1) is 0 Å². The van der Waals surface area contributed by atoms with Crippen LogP contribution < -0.4 is 15.4 Å². The molecule has 0 atom stereocenters. The number of carbonyl (C=O) groups is 1. The average Bonchev–Trinajstić information content (AvgIpc) is 2.62. The van der Waals surface area contributed by atoms with Crippen molar-refractivity contribution in [2.24, 2.45) is 10.9 Å². The molecular formula is C19H23N3O3. The van der Waals surface area contributed by atoms with E-state index in [1.165, 1.54) is 0 Å². The molecule has 0 saturated carbocycles. The molecule has 6 heteroatoms. The fraction of sp³-hybridized carbons (Fsp3) is 0.263. The van der Waals surface area contributed by atoms with Gasteiger partial charge in [0.2, 0.25) is 0 Å². The molecule has 2 N–H and O–H groups in total. The van der Waals surface area contributed by atoms with Gasteiger partial charge in [-0.05, 0) is 50.2 Å². The van der Waals surface area contributed by atoms with E-state index in [2.05, 4.69) is 5.16 Å². The molecule has 0 radical (unpaired) electrons. The quantitative estimate of drug-likeness (QED) is 0.477. The molecule has 2 aromatic carbocycles. The molecule has 0 unspecified atom stereocenters. The molecule has 1 amide bonds. The molecule has 0 aromatic heterocycles. The van der Waals surface area contributed by atoms with E-state index in [0.717, 1.165) is 11.4 Å². The molecule has 6 nitrogen and oxygen atoms in total. The summed E-state index contributed by atoms with van der Waals surface area (Å²) < 4.78 is 5.09. The van der Waals surface area contributed by atoms with Crippen molar-refractivity contribution in [2.45, 2.75) is 19.9 Å². The van der Waals surface area contributed by atoms with Gasteiger partial charge in [-0.2, -0.15) is 0 Å². The first-order valence-corrected chi connectivity index (χ1v) is 8.00. The van der Waals surface area contributed by atoms with E-state index < -0.39 is 0 Å². The Balaban J connectivity index is 1.99. The van der Waals surface area contributed by atoms with Crippen LogP contribution in [0.3, 0.4) is 0 Å². The van der Waals surface area contributed by atoms with Gasteiger partial charge in [0.05, 0.1) is 7.11 Å². The predicted molar refractivity (Wildman–Crippen MR) is 98.7 cm³/mol. The lowest BCUT2D eigenvalue weighted by molar-refractivity contribution is -0.123. The van der Waals surface area contributed by atoms with Crippen molar-refractivity contribution in [3.63, 3.8) is 0 Å². The Morgan fingerprint density at radius 2 is 1.76 bits per heavy atom. The van der Waals surface area contributed by atoms with Gasteiger partial charge in [-0.15, -0.1) is 0 Å². The monoisotopic (exact) mass is 341 g/mol. The summed E-state index contributed by atoms with van der Waals surface area (Å²) in [5.41, 5.74) is 7.39. The van der Waals surface area contributed by atoms with Gasteiger partial charge in [0.15, 0.2) is 12.4 Å². The molecule has 0 saturated heterocycles. The lowest BCUT2D eigenvalue weighted by Crippen LogP contribution is -2.39. The number of rotatable bonds is 7. The van der Waals surface area contributed by atoms with Crippen LogP contribution in [-0.4, -0.2) is 31.5 Å². The molecule has 25 heavy (non-hydrogen) atoms. The van der Waals surface area contributed by atoms with Gasteiger partial charge in [0.25, 0.3) is 5.91 Å². The lowest BCUT2D eigenvalue weighted by Gasteiger charge is -2.26. The van der Waals surface area contributed by atoms with Gasteiger partial charge in [-0.1, -0.05) is 23.4 Å². The zero-order valence-electron chi connectivity index (χ0n) is 14.7. The zero-order valence-corrected chi connectivity index (χ0v) is 14.7. The molecule has 0 fully saturated rings. The van der Waals surface area contributed by atoms with E-state index >= 15 is 0 Å². The van der Waals surface area contributed by atoms with E-state index in [9.17, 15) is 4.79 Å². The first kappa shape index (κ1) is 18.3. The molecular weight excluding hydrogens is 318 g/mol. The largest absolute Gasteiger partial charge is 0.497 e. The predicted octanol–water partition coefficient (Wildman–Crippen LogP) is 2.77. The van der Waals surface area contributed by atoms with Crippen LogP contribution in [0.1, 0.15) is 19.4 Å². The van der Waals surface area contributed by atoms with Crippen molar-refractivity contribution in [1.82, 2.24) is 0 Å². The number of benzene rings is 2. The number of oxime groups is 1. The summed E-state index contributed by atoms with van der Waals surface area (Å²) in [6, 6.07) is 16.5. The Hall–Kier alpha value is -3.02. The van der Waals surface area contributed by atoms with Crippen LogP contribution in [0.25, 0.3) is 0 Å². The number of hydrogen-bond acceptors (Lipinski definition) is 4. The summed E-state index contributed by atoms with van der Waals surface area (Å²) in [5.74, 6) is 0.738. The van der Waals surface area contributed by atoms with Crippen LogP contribution >= 0.6 is 0 Å².